The molecule has 1 aromatic heterocycles. The maximum absolute atomic E-state index is 4.07. The maximum Gasteiger partial charge on any atom is 0.188 e. The van der Waals surface area contributed by atoms with Crippen LogP contribution in [0.5, 0.6) is 0 Å². The van der Waals surface area contributed by atoms with Gasteiger partial charge in [0, 0.05) is 15.9 Å². The van der Waals surface area contributed by atoms with E-state index in [4.69, 9.17) is 0 Å². The van der Waals surface area contributed by atoms with Crippen LogP contribution in [-0.2, 0) is 6.54 Å². The fourth-order valence-electron chi connectivity index (χ4n) is 1.28. The summed E-state index contributed by atoms with van der Waals surface area (Å²) in [4.78, 5) is 5.20. The zero-order valence-electron chi connectivity index (χ0n) is 8.70. The van der Waals surface area contributed by atoms with Crippen LogP contribution < -0.4 is 5.32 Å². The molecule has 2 aromatic rings. The van der Waals surface area contributed by atoms with Crippen LogP contribution in [-0.4, -0.2) is 22.2 Å². The Morgan fingerprint density at radius 2 is 2.38 bits per heavy atom. The molecule has 0 radical (unpaired) electrons. The van der Waals surface area contributed by atoms with Crippen molar-refractivity contribution < 1.29 is 0 Å². The molecular formula is C10H11BrN4S. The maximum atomic E-state index is 4.07. The predicted molar refractivity (Wildman–Crippen MR) is 67.4 cm³/mol. The molecule has 6 heteroatoms. The number of nitrogens with zero attached hydrogens (tertiary/aromatic N) is 2. The average molecular weight is 299 g/mol. The molecule has 16 heavy (non-hydrogen) atoms. The third-order valence-corrected chi connectivity index (χ3v) is 3.62. The molecule has 0 aliphatic carbocycles. The van der Waals surface area contributed by atoms with Crippen molar-refractivity contribution in [3.8, 4) is 0 Å². The van der Waals surface area contributed by atoms with E-state index in [1.807, 2.05) is 7.05 Å². The van der Waals surface area contributed by atoms with E-state index in [9.17, 15) is 0 Å². The first-order valence-corrected chi connectivity index (χ1v) is 6.37. The van der Waals surface area contributed by atoms with E-state index < -0.39 is 0 Å². The number of rotatable bonds is 4. The molecule has 1 aromatic carbocycles. The molecule has 0 saturated carbocycles. The Morgan fingerprint density at radius 3 is 3.00 bits per heavy atom. The number of hydrogen-bond donors (Lipinski definition) is 2. The summed E-state index contributed by atoms with van der Waals surface area (Å²) in [6.07, 6.45) is 1.51. The molecule has 0 aliphatic rings. The SMILES string of the molecule is CNCc1ccc(Sc2ncn[nH]2)cc1Br. The van der Waals surface area contributed by atoms with Crippen molar-refractivity contribution in [2.45, 2.75) is 16.6 Å². The zero-order chi connectivity index (χ0) is 11.4. The lowest BCUT2D eigenvalue weighted by atomic mass is 10.2. The van der Waals surface area contributed by atoms with Crippen LogP contribution in [0.25, 0.3) is 0 Å². The van der Waals surface area contributed by atoms with Gasteiger partial charge in [-0.2, -0.15) is 5.10 Å². The molecule has 0 fully saturated rings. The van der Waals surface area contributed by atoms with Gasteiger partial charge in [-0.3, -0.25) is 5.10 Å². The summed E-state index contributed by atoms with van der Waals surface area (Å²) in [5.74, 6) is 0. The first kappa shape index (κ1) is 11.6. The quantitative estimate of drug-likeness (QED) is 0.910. The van der Waals surface area contributed by atoms with Crippen molar-refractivity contribution in [2.24, 2.45) is 0 Å². The fraction of sp³-hybridized carbons (Fsp3) is 0.200. The molecule has 0 bridgehead atoms. The average Bonchev–Trinajstić information content (AvgIpc) is 2.75. The van der Waals surface area contributed by atoms with Crippen LogP contribution in [0.2, 0.25) is 0 Å². The lowest BCUT2D eigenvalue weighted by molar-refractivity contribution is 0.813. The molecule has 84 valence electrons. The Bertz CT molecular complexity index is 458. The Labute approximate surface area is 106 Å². The van der Waals surface area contributed by atoms with Gasteiger partial charge in [0.05, 0.1) is 0 Å². The molecule has 0 amide bonds. The van der Waals surface area contributed by atoms with Crippen molar-refractivity contribution in [1.82, 2.24) is 20.5 Å². The van der Waals surface area contributed by atoms with Crippen LogP contribution in [0, 0.1) is 0 Å². The Balaban J connectivity index is 2.15. The van der Waals surface area contributed by atoms with Gasteiger partial charge in [0.15, 0.2) is 5.16 Å². The van der Waals surface area contributed by atoms with Gasteiger partial charge in [0.25, 0.3) is 0 Å². The summed E-state index contributed by atoms with van der Waals surface area (Å²) >= 11 is 5.11. The van der Waals surface area contributed by atoms with E-state index in [1.165, 1.54) is 11.9 Å². The second-order valence-electron chi connectivity index (χ2n) is 3.18. The van der Waals surface area contributed by atoms with Crippen LogP contribution >= 0.6 is 27.7 Å². The minimum absolute atomic E-state index is 0.799. The molecule has 2 rings (SSSR count). The van der Waals surface area contributed by atoms with Gasteiger partial charge in [-0.1, -0.05) is 33.8 Å². The Morgan fingerprint density at radius 1 is 1.50 bits per heavy atom. The first-order chi connectivity index (χ1) is 7.79. The summed E-state index contributed by atoms with van der Waals surface area (Å²) in [6.45, 7) is 0.855. The number of aromatic amines is 1. The molecule has 0 unspecified atom stereocenters. The summed E-state index contributed by atoms with van der Waals surface area (Å²) in [5, 5.41) is 10.6. The standard InChI is InChI=1S/C10H11BrN4S/c1-12-5-7-2-3-8(4-9(7)11)16-10-13-6-14-15-10/h2-4,6,12H,5H2,1H3,(H,13,14,15). The lowest BCUT2D eigenvalue weighted by Gasteiger charge is -2.05. The van der Waals surface area contributed by atoms with Crippen molar-refractivity contribution in [1.29, 1.82) is 0 Å². The van der Waals surface area contributed by atoms with E-state index in [-0.39, 0.29) is 0 Å². The van der Waals surface area contributed by atoms with Crippen molar-refractivity contribution in [3.63, 3.8) is 0 Å². The van der Waals surface area contributed by atoms with Crippen molar-refractivity contribution in [2.75, 3.05) is 7.05 Å². The van der Waals surface area contributed by atoms with Crippen LogP contribution in [0.4, 0.5) is 0 Å². The van der Waals surface area contributed by atoms with Crippen LogP contribution in [0.1, 0.15) is 5.56 Å². The van der Waals surface area contributed by atoms with Gasteiger partial charge in [-0.15, -0.1) is 0 Å². The monoisotopic (exact) mass is 298 g/mol. The summed E-state index contributed by atoms with van der Waals surface area (Å²) in [7, 11) is 1.93. The van der Waals surface area contributed by atoms with Gasteiger partial charge in [0.2, 0.25) is 0 Å². The molecule has 0 aliphatic heterocycles. The third kappa shape index (κ3) is 2.84. The Hall–Kier alpha value is -0.850. The van der Waals surface area contributed by atoms with Crippen LogP contribution in [0.3, 0.4) is 0 Å². The number of halogens is 1. The summed E-state index contributed by atoms with van der Waals surface area (Å²) in [6, 6.07) is 6.25. The largest absolute Gasteiger partial charge is 0.316 e. The highest BCUT2D eigenvalue weighted by molar-refractivity contribution is 9.10. The highest BCUT2D eigenvalue weighted by Crippen LogP contribution is 2.28. The van der Waals surface area contributed by atoms with Gasteiger partial charge >= 0.3 is 0 Å². The fourth-order valence-corrected chi connectivity index (χ4v) is 2.69. The topological polar surface area (TPSA) is 53.6 Å². The molecule has 1 heterocycles. The molecule has 0 atom stereocenters. The Kier molecular flexibility index (Phi) is 3.98. The predicted octanol–water partition coefficient (Wildman–Crippen LogP) is 2.44. The number of aromatic nitrogens is 3. The summed E-state index contributed by atoms with van der Waals surface area (Å²) < 4.78 is 1.10. The first-order valence-electron chi connectivity index (χ1n) is 4.76. The van der Waals surface area contributed by atoms with E-state index in [0.29, 0.717) is 0 Å². The smallest absolute Gasteiger partial charge is 0.188 e. The molecular weight excluding hydrogens is 288 g/mol. The van der Waals surface area contributed by atoms with E-state index in [0.717, 1.165) is 21.1 Å². The normalized spacial score (nSPS) is 10.6. The van der Waals surface area contributed by atoms with Crippen molar-refractivity contribution >= 4 is 27.7 Å². The van der Waals surface area contributed by atoms with E-state index in [2.05, 4.69) is 54.6 Å². The number of nitrogens with one attached hydrogen (secondary N) is 2. The molecule has 0 spiro atoms. The lowest BCUT2D eigenvalue weighted by Crippen LogP contribution is -2.05. The zero-order valence-corrected chi connectivity index (χ0v) is 11.1. The van der Waals surface area contributed by atoms with Crippen molar-refractivity contribution in [3.05, 3.63) is 34.6 Å². The highest BCUT2D eigenvalue weighted by atomic mass is 79.9. The summed E-state index contributed by atoms with van der Waals surface area (Å²) in [5.41, 5.74) is 1.24. The minimum atomic E-state index is 0.799. The molecule has 0 saturated heterocycles. The second-order valence-corrected chi connectivity index (χ2v) is 5.09. The highest BCUT2D eigenvalue weighted by Gasteiger charge is 2.03. The van der Waals surface area contributed by atoms with Gasteiger partial charge < -0.3 is 5.32 Å². The molecule has 4 nitrogen and oxygen atoms in total. The van der Waals surface area contributed by atoms with Crippen LogP contribution in [0.15, 0.2) is 39.1 Å². The third-order valence-electron chi connectivity index (χ3n) is 2.00. The number of hydrogen-bond acceptors (Lipinski definition) is 4. The molecule has 2 N–H and O–H groups in total. The minimum Gasteiger partial charge on any atom is -0.316 e. The number of H-pyrrole nitrogens is 1. The van der Waals surface area contributed by atoms with Gasteiger partial charge in [0.1, 0.15) is 6.33 Å². The van der Waals surface area contributed by atoms with Gasteiger partial charge in [-0.25, -0.2) is 4.98 Å². The van der Waals surface area contributed by atoms with E-state index >= 15 is 0 Å². The second kappa shape index (κ2) is 5.47. The number of benzene rings is 1. The van der Waals surface area contributed by atoms with Gasteiger partial charge in [-0.05, 0) is 24.7 Å². The van der Waals surface area contributed by atoms with E-state index in [1.54, 1.807) is 11.8 Å².